The molecule has 1 N–H and O–H groups in total. The van der Waals surface area contributed by atoms with Gasteiger partial charge in [0, 0.05) is 37.9 Å². The van der Waals surface area contributed by atoms with Gasteiger partial charge >= 0.3 is 0 Å². The Labute approximate surface area is 193 Å². The summed E-state index contributed by atoms with van der Waals surface area (Å²) in [6, 6.07) is 18.4. The molecule has 3 aromatic rings. The maximum absolute atomic E-state index is 13.8. The smallest absolute Gasteiger partial charge is 0.227 e. The number of aryl methyl sites for hydroxylation is 1. The number of benzene rings is 2. The number of carbonyl (C=O) groups is 2. The van der Waals surface area contributed by atoms with Crippen molar-refractivity contribution in [3.63, 3.8) is 0 Å². The summed E-state index contributed by atoms with van der Waals surface area (Å²) in [7, 11) is 0. The highest BCUT2D eigenvalue weighted by Crippen LogP contribution is 2.32. The van der Waals surface area contributed by atoms with E-state index in [0.717, 1.165) is 16.7 Å². The molecule has 1 aromatic heterocycles. The largest absolute Gasteiger partial charge is 0.352 e. The minimum atomic E-state index is -0.342. The van der Waals surface area contributed by atoms with E-state index in [1.807, 2.05) is 48.5 Å². The van der Waals surface area contributed by atoms with Gasteiger partial charge in [-0.1, -0.05) is 48.5 Å². The van der Waals surface area contributed by atoms with E-state index in [4.69, 9.17) is 0 Å². The molecule has 2 heterocycles. The van der Waals surface area contributed by atoms with Crippen molar-refractivity contribution < 1.29 is 14.0 Å². The average molecular weight is 446 g/mol. The zero-order chi connectivity index (χ0) is 23.2. The molecule has 1 aliphatic heterocycles. The van der Waals surface area contributed by atoms with Crippen LogP contribution in [0.2, 0.25) is 0 Å². The van der Waals surface area contributed by atoms with Gasteiger partial charge in [0.15, 0.2) is 0 Å². The molecule has 1 fully saturated rings. The Kier molecular flexibility index (Phi) is 7.13. The van der Waals surface area contributed by atoms with Crippen LogP contribution >= 0.6 is 0 Å². The van der Waals surface area contributed by atoms with Crippen LogP contribution in [0.4, 0.5) is 4.39 Å². The number of nitrogens with one attached hydrogen (secondary N) is 1. The van der Waals surface area contributed by atoms with Crippen molar-refractivity contribution in [3.8, 4) is 0 Å². The first kappa shape index (κ1) is 22.6. The van der Waals surface area contributed by atoms with Crippen molar-refractivity contribution in [1.82, 2.24) is 15.2 Å². The van der Waals surface area contributed by atoms with Crippen molar-refractivity contribution in [2.24, 2.45) is 5.92 Å². The first-order valence-corrected chi connectivity index (χ1v) is 11.2. The molecule has 0 aliphatic carbocycles. The van der Waals surface area contributed by atoms with Crippen LogP contribution in [0.25, 0.3) is 0 Å². The van der Waals surface area contributed by atoms with Crippen LogP contribution in [-0.2, 0) is 22.6 Å². The first-order valence-electron chi connectivity index (χ1n) is 11.2. The summed E-state index contributed by atoms with van der Waals surface area (Å²) in [5.41, 5.74) is 3.39. The summed E-state index contributed by atoms with van der Waals surface area (Å²) in [5, 5.41) is 2.99. The standard InChI is InChI=1S/C27H28FN3O2/c1-19-12-22(9-10-25(19)28)23-14-24(27(33)30-16-21-8-5-11-29-15-21)18-31(17-23)26(32)13-20-6-3-2-4-7-20/h2-12,15,23-24H,13-14,16-18H2,1H3,(H,30,33). The number of aromatic nitrogens is 1. The van der Waals surface area contributed by atoms with Crippen molar-refractivity contribution in [2.75, 3.05) is 13.1 Å². The molecular weight excluding hydrogens is 417 g/mol. The Balaban J connectivity index is 1.51. The lowest BCUT2D eigenvalue weighted by molar-refractivity contribution is -0.135. The van der Waals surface area contributed by atoms with Gasteiger partial charge in [-0.25, -0.2) is 4.39 Å². The Morgan fingerprint density at radius 3 is 2.58 bits per heavy atom. The predicted octanol–water partition coefficient (Wildman–Crippen LogP) is 4.02. The monoisotopic (exact) mass is 445 g/mol. The molecule has 1 aliphatic rings. The van der Waals surface area contributed by atoms with Crippen LogP contribution < -0.4 is 5.32 Å². The summed E-state index contributed by atoms with van der Waals surface area (Å²) in [4.78, 5) is 32.1. The quantitative estimate of drug-likeness (QED) is 0.623. The predicted molar refractivity (Wildman–Crippen MR) is 125 cm³/mol. The van der Waals surface area contributed by atoms with Crippen molar-refractivity contribution in [3.05, 3.63) is 101 Å². The Hall–Kier alpha value is -3.54. The lowest BCUT2D eigenvalue weighted by Crippen LogP contribution is -2.48. The van der Waals surface area contributed by atoms with Crippen LogP contribution in [0.3, 0.4) is 0 Å². The minimum Gasteiger partial charge on any atom is -0.352 e. The van der Waals surface area contributed by atoms with E-state index in [1.54, 1.807) is 30.3 Å². The molecule has 4 rings (SSSR count). The lowest BCUT2D eigenvalue weighted by atomic mass is 9.83. The third-order valence-corrected chi connectivity index (χ3v) is 6.22. The Bertz CT molecular complexity index is 1100. The number of rotatable bonds is 6. The minimum absolute atomic E-state index is 0.00482. The van der Waals surface area contributed by atoms with Crippen molar-refractivity contribution in [1.29, 1.82) is 0 Å². The third-order valence-electron chi connectivity index (χ3n) is 6.22. The molecule has 170 valence electrons. The number of piperidine rings is 1. The normalized spacial score (nSPS) is 18.1. The number of hydrogen-bond acceptors (Lipinski definition) is 3. The molecule has 0 spiro atoms. The molecule has 2 amide bonds. The van der Waals surface area contributed by atoms with E-state index in [9.17, 15) is 14.0 Å². The topological polar surface area (TPSA) is 62.3 Å². The molecule has 1 saturated heterocycles. The second-order valence-corrected chi connectivity index (χ2v) is 8.68. The SMILES string of the molecule is Cc1cc(C2CC(C(=O)NCc3cccnc3)CN(C(=O)Cc3ccccc3)C2)ccc1F. The van der Waals surface area contributed by atoms with Gasteiger partial charge in [-0.2, -0.15) is 0 Å². The van der Waals surface area contributed by atoms with Crippen LogP contribution in [0.15, 0.2) is 73.1 Å². The molecule has 5 nitrogen and oxygen atoms in total. The highest BCUT2D eigenvalue weighted by molar-refractivity contribution is 5.82. The summed E-state index contributed by atoms with van der Waals surface area (Å²) >= 11 is 0. The molecule has 0 radical (unpaired) electrons. The number of pyridine rings is 1. The second kappa shape index (κ2) is 10.4. The van der Waals surface area contributed by atoms with Gasteiger partial charge in [0.25, 0.3) is 0 Å². The molecule has 6 heteroatoms. The zero-order valence-corrected chi connectivity index (χ0v) is 18.7. The number of carbonyl (C=O) groups excluding carboxylic acids is 2. The van der Waals surface area contributed by atoms with Gasteiger partial charge in [-0.3, -0.25) is 14.6 Å². The Morgan fingerprint density at radius 2 is 1.85 bits per heavy atom. The summed E-state index contributed by atoms with van der Waals surface area (Å²) in [6.07, 6.45) is 4.32. The van der Waals surface area contributed by atoms with Gasteiger partial charge < -0.3 is 10.2 Å². The highest BCUT2D eigenvalue weighted by Gasteiger charge is 2.34. The summed E-state index contributed by atoms with van der Waals surface area (Å²) in [5.74, 6) is -0.718. The number of likely N-dealkylation sites (tertiary alicyclic amines) is 1. The van der Waals surface area contributed by atoms with E-state index in [1.165, 1.54) is 6.07 Å². The highest BCUT2D eigenvalue weighted by atomic mass is 19.1. The fraction of sp³-hybridized carbons (Fsp3) is 0.296. The molecular formula is C27H28FN3O2. The number of nitrogens with zero attached hydrogens (tertiary/aromatic N) is 2. The van der Waals surface area contributed by atoms with Crippen LogP contribution in [0.5, 0.6) is 0 Å². The molecule has 33 heavy (non-hydrogen) atoms. The van der Waals surface area contributed by atoms with E-state index in [0.29, 0.717) is 38.0 Å². The number of halogens is 1. The van der Waals surface area contributed by atoms with Crippen molar-refractivity contribution >= 4 is 11.8 Å². The van der Waals surface area contributed by atoms with Gasteiger partial charge in [0.2, 0.25) is 11.8 Å². The van der Waals surface area contributed by atoms with Gasteiger partial charge in [-0.15, -0.1) is 0 Å². The van der Waals surface area contributed by atoms with E-state index in [2.05, 4.69) is 10.3 Å². The van der Waals surface area contributed by atoms with Crippen LogP contribution in [0, 0.1) is 18.7 Å². The molecule has 2 unspecified atom stereocenters. The van der Waals surface area contributed by atoms with E-state index >= 15 is 0 Å². The molecule has 2 aromatic carbocycles. The molecule has 2 atom stereocenters. The maximum atomic E-state index is 13.8. The van der Waals surface area contributed by atoms with Gasteiger partial charge in [0.05, 0.1) is 12.3 Å². The lowest BCUT2D eigenvalue weighted by Gasteiger charge is -2.37. The van der Waals surface area contributed by atoms with Crippen LogP contribution in [-0.4, -0.2) is 34.8 Å². The van der Waals surface area contributed by atoms with Crippen molar-refractivity contribution in [2.45, 2.75) is 32.2 Å². The first-order chi connectivity index (χ1) is 16.0. The number of amides is 2. The maximum Gasteiger partial charge on any atom is 0.227 e. The Morgan fingerprint density at radius 1 is 1.06 bits per heavy atom. The average Bonchev–Trinajstić information content (AvgIpc) is 2.85. The summed E-state index contributed by atoms with van der Waals surface area (Å²) < 4.78 is 13.8. The number of hydrogen-bond donors (Lipinski definition) is 1. The van der Waals surface area contributed by atoms with Gasteiger partial charge in [0.1, 0.15) is 5.82 Å². The fourth-order valence-electron chi connectivity index (χ4n) is 4.37. The third kappa shape index (κ3) is 5.83. The zero-order valence-electron chi connectivity index (χ0n) is 18.7. The van der Waals surface area contributed by atoms with Gasteiger partial charge in [-0.05, 0) is 47.7 Å². The summed E-state index contributed by atoms with van der Waals surface area (Å²) in [6.45, 7) is 3.02. The van der Waals surface area contributed by atoms with Crippen LogP contribution in [0.1, 0.15) is 34.6 Å². The van der Waals surface area contributed by atoms with E-state index in [-0.39, 0.29) is 29.5 Å². The van der Waals surface area contributed by atoms with E-state index < -0.39 is 0 Å². The molecule has 0 bridgehead atoms. The second-order valence-electron chi connectivity index (χ2n) is 8.68. The fourth-order valence-corrected chi connectivity index (χ4v) is 4.37. The molecule has 0 saturated carbocycles.